The van der Waals surface area contributed by atoms with Crippen LogP contribution in [-0.2, 0) is 4.74 Å². The third-order valence-corrected chi connectivity index (χ3v) is 1.38. The second-order valence-corrected chi connectivity index (χ2v) is 2.50. The normalized spacial score (nSPS) is 9.31. The predicted octanol–water partition coefficient (Wildman–Crippen LogP) is -0.637. The van der Waals surface area contributed by atoms with Crippen LogP contribution in [0.3, 0.4) is 0 Å². The molecule has 0 aliphatic heterocycles. The lowest BCUT2D eigenvalue weighted by atomic mass is 10.5. The van der Waals surface area contributed by atoms with Crippen molar-refractivity contribution in [2.45, 2.75) is 0 Å². The van der Waals surface area contributed by atoms with Gasteiger partial charge in [0.15, 0.2) is 0 Å². The molecular formula is C7H12N2O7. The van der Waals surface area contributed by atoms with E-state index in [1.807, 2.05) is 5.32 Å². The molecule has 0 radical (unpaired) electrons. The highest BCUT2D eigenvalue weighted by Crippen LogP contribution is 1.94. The zero-order valence-corrected chi connectivity index (χ0v) is 8.25. The number of carbonyl (C=O) groups excluding carboxylic acids is 1. The molecule has 9 nitrogen and oxygen atoms in total. The summed E-state index contributed by atoms with van der Waals surface area (Å²) in [5.41, 5.74) is 0. The molecule has 0 saturated carbocycles. The fourth-order valence-electron chi connectivity index (χ4n) is 0.751. The number of aliphatic hydroxyl groups is 1. The van der Waals surface area contributed by atoms with E-state index in [0.717, 1.165) is 0 Å². The number of hydrogen-bond donors (Lipinski definition) is 4. The predicted molar refractivity (Wildman–Crippen MR) is 49.2 cm³/mol. The molecule has 0 aliphatic rings. The lowest BCUT2D eigenvalue weighted by Crippen LogP contribution is -2.41. The van der Waals surface area contributed by atoms with Crippen molar-refractivity contribution in [3.8, 4) is 0 Å². The number of ether oxygens (including phenoxy) is 1. The Morgan fingerprint density at radius 3 is 2.31 bits per heavy atom. The highest BCUT2D eigenvalue weighted by molar-refractivity contribution is 5.86. The monoisotopic (exact) mass is 236 g/mol. The summed E-state index contributed by atoms with van der Waals surface area (Å²) < 4.78 is 4.35. The van der Waals surface area contributed by atoms with Crippen molar-refractivity contribution in [3.05, 3.63) is 0 Å². The molecule has 0 aromatic rings. The molecule has 0 spiro atoms. The standard InChI is InChI=1S/C7H12N2O7/c10-3-4-16-7(15)9(6(13)14)2-1-8-5(11)12/h8,10H,1-4H2,(H,11,12)(H,13,14). The molecule has 16 heavy (non-hydrogen) atoms. The Morgan fingerprint density at radius 1 is 1.25 bits per heavy atom. The van der Waals surface area contributed by atoms with Gasteiger partial charge in [-0.25, -0.2) is 19.3 Å². The van der Waals surface area contributed by atoms with E-state index >= 15 is 0 Å². The Kier molecular flexibility index (Phi) is 6.36. The lowest BCUT2D eigenvalue weighted by Gasteiger charge is -2.16. The van der Waals surface area contributed by atoms with E-state index in [4.69, 9.17) is 15.3 Å². The number of carbonyl (C=O) groups is 3. The number of imide groups is 1. The van der Waals surface area contributed by atoms with Crippen molar-refractivity contribution >= 4 is 18.3 Å². The van der Waals surface area contributed by atoms with Gasteiger partial charge >= 0.3 is 18.3 Å². The largest absolute Gasteiger partial charge is 0.465 e. The topological polar surface area (TPSA) is 136 Å². The molecular weight excluding hydrogens is 224 g/mol. The van der Waals surface area contributed by atoms with Gasteiger partial charge in [0.2, 0.25) is 0 Å². The molecule has 0 atom stereocenters. The van der Waals surface area contributed by atoms with Crippen molar-refractivity contribution in [2.75, 3.05) is 26.3 Å². The van der Waals surface area contributed by atoms with Gasteiger partial charge in [-0.15, -0.1) is 0 Å². The van der Waals surface area contributed by atoms with Gasteiger partial charge in [0.25, 0.3) is 0 Å². The summed E-state index contributed by atoms with van der Waals surface area (Å²) in [4.78, 5) is 32.0. The van der Waals surface area contributed by atoms with Crippen molar-refractivity contribution in [2.24, 2.45) is 0 Å². The van der Waals surface area contributed by atoms with Crippen LogP contribution in [0, 0.1) is 0 Å². The van der Waals surface area contributed by atoms with Gasteiger partial charge in [0.1, 0.15) is 6.61 Å². The first-order chi connectivity index (χ1) is 7.49. The Hall–Kier alpha value is -2.03. The third kappa shape index (κ3) is 5.65. The summed E-state index contributed by atoms with van der Waals surface area (Å²) in [5, 5.41) is 27.1. The molecule has 0 heterocycles. The molecule has 92 valence electrons. The average Bonchev–Trinajstić information content (AvgIpc) is 2.20. The lowest BCUT2D eigenvalue weighted by molar-refractivity contribution is 0.0803. The van der Waals surface area contributed by atoms with Crippen LogP contribution in [0.5, 0.6) is 0 Å². The van der Waals surface area contributed by atoms with Gasteiger partial charge in [-0.3, -0.25) is 0 Å². The smallest absolute Gasteiger partial charge is 0.419 e. The molecule has 0 rings (SSSR count). The first kappa shape index (κ1) is 14.0. The van der Waals surface area contributed by atoms with Crippen molar-refractivity contribution in [1.82, 2.24) is 10.2 Å². The molecule has 0 aliphatic carbocycles. The van der Waals surface area contributed by atoms with Crippen LogP contribution in [-0.4, -0.2) is 64.8 Å². The summed E-state index contributed by atoms with van der Waals surface area (Å²) in [7, 11) is 0. The third-order valence-electron chi connectivity index (χ3n) is 1.38. The number of amides is 3. The summed E-state index contributed by atoms with van der Waals surface area (Å²) in [6.07, 6.45) is -4.04. The fourth-order valence-corrected chi connectivity index (χ4v) is 0.751. The molecule has 0 bridgehead atoms. The van der Waals surface area contributed by atoms with Gasteiger partial charge in [-0.1, -0.05) is 0 Å². The molecule has 0 fully saturated rings. The zero-order valence-electron chi connectivity index (χ0n) is 8.25. The highest BCUT2D eigenvalue weighted by Gasteiger charge is 2.21. The Morgan fingerprint density at radius 2 is 1.88 bits per heavy atom. The van der Waals surface area contributed by atoms with Crippen LogP contribution >= 0.6 is 0 Å². The minimum Gasteiger partial charge on any atom is -0.465 e. The van der Waals surface area contributed by atoms with Gasteiger partial charge in [-0.2, -0.15) is 0 Å². The maximum absolute atomic E-state index is 11.1. The van der Waals surface area contributed by atoms with Crippen LogP contribution in [0.25, 0.3) is 0 Å². The maximum atomic E-state index is 11.1. The SMILES string of the molecule is O=C(O)NCCN(C(=O)O)C(=O)OCCO. The van der Waals surface area contributed by atoms with Crippen LogP contribution < -0.4 is 5.32 Å². The molecule has 0 aromatic carbocycles. The second kappa shape index (κ2) is 7.29. The van der Waals surface area contributed by atoms with Crippen molar-refractivity contribution in [3.63, 3.8) is 0 Å². The molecule has 3 amide bonds. The molecule has 0 unspecified atom stereocenters. The molecule has 0 aromatic heterocycles. The number of nitrogens with one attached hydrogen (secondary N) is 1. The molecule has 9 heteroatoms. The van der Waals surface area contributed by atoms with Gasteiger partial charge in [0.05, 0.1) is 13.2 Å². The van der Waals surface area contributed by atoms with Gasteiger partial charge < -0.3 is 25.4 Å². The average molecular weight is 236 g/mol. The minimum absolute atomic E-state index is 0.240. The van der Waals surface area contributed by atoms with Crippen molar-refractivity contribution in [1.29, 1.82) is 0 Å². The first-order valence-electron chi connectivity index (χ1n) is 4.24. The number of rotatable bonds is 5. The van der Waals surface area contributed by atoms with Crippen LogP contribution in [0.1, 0.15) is 0 Å². The van der Waals surface area contributed by atoms with Gasteiger partial charge in [-0.05, 0) is 0 Å². The van der Waals surface area contributed by atoms with E-state index in [0.29, 0.717) is 4.90 Å². The number of carboxylic acid groups (broad SMARTS) is 2. The Labute approximate surface area is 90.2 Å². The van der Waals surface area contributed by atoms with E-state index in [2.05, 4.69) is 4.74 Å². The van der Waals surface area contributed by atoms with Crippen LogP contribution in [0.4, 0.5) is 14.4 Å². The summed E-state index contributed by atoms with van der Waals surface area (Å²) in [6.45, 7) is -1.36. The van der Waals surface area contributed by atoms with E-state index in [1.54, 1.807) is 0 Å². The van der Waals surface area contributed by atoms with E-state index in [-0.39, 0.29) is 19.7 Å². The van der Waals surface area contributed by atoms with E-state index in [1.165, 1.54) is 0 Å². The number of nitrogens with zero attached hydrogens (tertiary/aromatic N) is 1. The Bertz CT molecular complexity index is 267. The van der Waals surface area contributed by atoms with E-state index < -0.39 is 24.9 Å². The van der Waals surface area contributed by atoms with Gasteiger partial charge in [0, 0.05) is 6.54 Å². The summed E-state index contributed by atoms with van der Waals surface area (Å²) in [5.74, 6) is 0. The number of aliphatic hydroxyl groups excluding tert-OH is 1. The minimum atomic E-state index is -1.56. The summed E-state index contributed by atoms with van der Waals surface area (Å²) in [6, 6.07) is 0. The molecule has 4 N–H and O–H groups in total. The highest BCUT2D eigenvalue weighted by atomic mass is 16.6. The summed E-state index contributed by atoms with van der Waals surface area (Å²) >= 11 is 0. The van der Waals surface area contributed by atoms with Crippen molar-refractivity contribution < 1.29 is 34.4 Å². The second-order valence-electron chi connectivity index (χ2n) is 2.50. The first-order valence-corrected chi connectivity index (χ1v) is 4.24. The quantitative estimate of drug-likeness (QED) is 0.498. The number of hydrogen-bond acceptors (Lipinski definition) is 5. The zero-order chi connectivity index (χ0) is 12.6. The van der Waals surface area contributed by atoms with Crippen LogP contribution in [0.2, 0.25) is 0 Å². The molecule has 0 saturated heterocycles. The van der Waals surface area contributed by atoms with Crippen LogP contribution in [0.15, 0.2) is 0 Å². The van der Waals surface area contributed by atoms with E-state index in [9.17, 15) is 14.4 Å². The fraction of sp³-hybridized carbons (Fsp3) is 0.571. The Balaban J connectivity index is 4.11. The maximum Gasteiger partial charge on any atom is 0.419 e.